The Hall–Kier alpha value is -4.61. The van der Waals surface area contributed by atoms with E-state index in [9.17, 15) is 20.0 Å². The highest BCUT2D eigenvalue weighted by Gasteiger charge is 2.31. The third-order valence-electron chi connectivity index (χ3n) is 6.30. The molecule has 0 fully saturated rings. The van der Waals surface area contributed by atoms with Gasteiger partial charge in [-0.25, -0.2) is 9.48 Å². The minimum Gasteiger partial charge on any atom is -0.481 e. The van der Waals surface area contributed by atoms with Crippen LogP contribution in [-0.4, -0.2) is 26.9 Å². The number of nitriles is 1. The Bertz CT molecular complexity index is 1540. The SMILES string of the molecule is CC(OC(=O)Nc1c(C#N)cnn1-c1cc(C(C)(C)C(=O)O)ccc1-c1ccccc1)c1ccccc1Cl. The molecule has 4 rings (SSSR count). The highest BCUT2D eigenvalue weighted by Crippen LogP contribution is 2.35. The van der Waals surface area contributed by atoms with E-state index in [1.54, 1.807) is 63.2 Å². The van der Waals surface area contributed by atoms with Crippen molar-refractivity contribution in [3.8, 4) is 22.9 Å². The van der Waals surface area contributed by atoms with Crippen LogP contribution in [0.4, 0.5) is 10.6 Å². The van der Waals surface area contributed by atoms with Gasteiger partial charge in [0.05, 0.1) is 17.3 Å². The number of rotatable bonds is 7. The molecular formula is C29H25ClN4O4. The van der Waals surface area contributed by atoms with Crippen LogP contribution >= 0.6 is 11.6 Å². The number of nitrogens with one attached hydrogen (secondary N) is 1. The summed E-state index contributed by atoms with van der Waals surface area (Å²) in [4.78, 5) is 24.9. The maximum atomic E-state index is 12.9. The van der Waals surface area contributed by atoms with Gasteiger partial charge >= 0.3 is 12.1 Å². The Balaban J connectivity index is 1.78. The molecule has 1 amide bonds. The minimum atomic E-state index is -1.20. The fraction of sp³-hybridized carbons (Fsp3) is 0.172. The summed E-state index contributed by atoms with van der Waals surface area (Å²) in [7, 11) is 0. The van der Waals surface area contributed by atoms with E-state index in [0.29, 0.717) is 21.8 Å². The van der Waals surface area contributed by atoms with Crippen LogP contribution in [-0.2, 0) is 14.9 Å². The normalized spacial score (nSPS) is 11.9. The molecule has 1 unspecified atom stereocenters. The molecule has 38 heavy (non-hydrogen) atoms. The summed E-state index contributed by atoms with van der Waals surface area (Å²) in [6.07, 6.45) is -0.138. The molecule has 1 heterocycles. The van der Waals surface area contributed by atoms with E-state index in [4.69, 9.17) is 16.3 Å². The van der Waals surface area contributed by atoms with E-state index >= 15 is 0 Å². The summed E-state index contributed by atoms with van der Waals surface area (Å²) in [5.74, 6) is -0.907. The van der Waals surface area contributed by atoms with E-state index in [1.807, 2.05) is 36.4 Å². The van der Waals surface area contributed by atoms with Gasteiger partial charge in [-0.15, -0.1) is 0 Å². The monoisotopic (exact) mass is 528 g/mol. The maximum absolute atomic E-state index is 12.9. The quantitative estimate of drug-likeness (QED) is 0.274. The first-order valence-corrected chi connectivity index (χ1v) is 12.1. The standard InChI is InChI=1S/C29H25ClN4O4/c1-18(22-11-7-8-12-24(22)30)38-28(37)33-26-20(16-31)17-32-34(26)25-15-21(29(2,3)27(35)36)13-14-23(25)19-9-5-4-6-10-19/h4-15,17-18H,1-3H3,(H,33,37)(H,35,36). The lowest BCUT2D eigenvalue weighted by atomic mass is 9.83. The van der Waals surface area contributed by atoms with Gasteiger partial charge in [0.25, 0.3) is 0 Å². The molecule has 0 aliphatic carbocycles. The van der Waals surface area contributed by atoms with Crippen LogP contribution in [0.3, 0.4) is 0 Å². The molecule has 3 aromatic carbocycles. The lowest BCUT2D eigenvalue weighted by Crippen LogP contribution is -2.28. The summed E-state index contributed by atoms with van der Waals surface area (Å²) in [5, 5.41) is 27.0. The number of hydrogen-bond donors (Lipinski definition) is 2. The Kier molecular flexibility index (Phi) is 7.51. The molecule has 0 bridgehead atoms. The molecule has 4 aromatic rings. The van der Waals surface area contributed by atoms with Crippen LogP contribution in [0.2, 0.25) is 5.02 Å². The number of amides is 1. The van der Waals surface area contributed by atoms with Gasteiger partial charge in [0.15, 0.2) is 5.82 Å². The fourth-order valence-corrected chi connectivity index (χ4v) is 4.26. The predicted molar refractivity (Wildman–Crippen MR) is 144 cm³/mol. The van der Waals surface area contributed by atoms with Gasteiger partial charge in [0.1, 0.15) is 17.7 Å². The number of hydrogen-bond acceptors (Lipinski definition) is 5. The molecular weight excluding hydrogens is 504 g/mol. The van der Waals surface area contributed by atoms with Crippen molar-refractivity contribution in [2.45, 2.75) is 32.3 Å². The first-order chi connectivity index (χ1) is 18.1. The zero-order chi connectivity index (χ0) is 27.4. The van der Waals surface area contributed by atoms with Crippen LogP contribution in [0.1, 0.15) is 43.6 Å². The molecule has 0 saturated heterocycles. The van der Waals surface area contributed by atoms with Crippen LogP contribution in [0.5, 0.6) is 0 Å². The van der Waals surface area contributed by atoms with Crippen molar-refractivity contribution < 1.29 is 19.4 Å². The van der Waals surface area contributed by atoms with E-state index in [2.05, 4.69) is 10.4 Å². The van der Waals surface area contributed by atoms with E-state index < -0.39 is 23.6 Å². The largest absolute Gasteiger partial charge is 0.481 e. The Labute approximate surface area is 225 Å². The predicted octanol–water partition coefficient (Wildman–Crippen LogP) is 6.74. The molecule has 0 radical (unpaired) electrons. The number of halogens is 1. The summed E-state index contributed by atoms with van der Waals surface area (Å²) in [5.41, 5.74) is 2.11. The Morgan fingerprint density at radius 3 is 2.45 bits per heavy atom. The van der Waals surface area contributed by atoms with Gasteiger partial charge in [-0.1, -0.05) is 72.3 Å². The van der Waals surface area contributed by atoms with Gasteiger partial charge in [0.2, 0.25) is 0 Å². The zero-order valence-electron chi connectivity index (χ0n) is 21.0. The molecule has 9 heteroatoms. The van der Waals surface area contributed by atoms with E-state index in [-0.39, 0.29) is 11.4 Å². The van der Waals surface area contributed by atoms with Crippen LogP contribution in [0, 0.1) is 11.3 Å². The number of aliphatic carboxylic acids is 1. The first-order valence-electron chi connectivity index (χ1n) is 11.8. The number of carboxylic acid groups (broad SMARTS) is 1. The lowest BCUT2D eigenvalue weighted by Gasteiger charge is -2.22. The highest BCUT2D eigenvalue weighted by atomic mass is 35.5. The van der Waals surface area contributed by atoms with Crippen molar-refractivity contribution >= 4 is 29.5 Å². The van der Waals surface area contributed by atoms with Crippen LogP contribution < -0.4 is 5.32 Å². The number of carbonyl (C=O) groups is 2. The number of anilines is 1. The van der Waals surface area contributed by atoms with Crippen molar-refractivity contribution in [1.29, 1.82) is 5.26 Å². The van der Waals surface area contributed by atoms with Crippen molar-refractivity contribution in [1.82, 2.24) is 9.78 Å². The van der Waals surface area contributed by atoms with Crippen LogP contribution in [0.15, 0.2) is 79.0 Å². The number of ether oxygens (including phenoxy) is 1. The molecule has 2 N–H and O–H groups in total. The summed E-state index contributed by atoms with van der Waals surface area (Å²) < 4.78 is 6.95. The number of carbonyl (C=O) groups excluding carboxylic acids is 1. The zero-order valence-corrected chi connectivity index (χ0v) is 21.7. The molecule has 0 aliphatic heterocycles. The second kappa shape index (κ2) is 10.8. The second-order valence-electron chi connectivity index (χ2n) is 9.15. The van der Waals surface area contributed by atoms with Gasteiger partial charge < -0.3 is 9.84 Å². The molecule has 0 aliphatic rings. The molecule has 1 atom stereocenters. The van der Waals surface area contributed by atoms with Crippen molar-refractivity contribution in [2.24, 2.45) is 0 Å². The smallest absolute Gasteiger partial charge is 0.413 e. The van der Waals surface area contributed by atoms with Gasteiger partial charge in [-0.05, 0) is 44.0 Å². The summed E-state index contributed by atoms with van der Waals surface area (Å²) >= 11 is 6.24. The lowest BCUT2D eigenvalue weighted by molar-refractivity contribution is -0.142. The van der Waals surface area contributed by atoms with Crippen molar-refractivity contribution in [2.75, 3.05) is 5.32 Å². The highest BCUT2D eigenvalue weighted by molar-refractivity contribution is 6.31. The summed E-state index contributed by atoms with van der Waals surface area (Å²) in [6.45, 7) is 4.90. The molecule has 0 saturated carbocycles. The molecule has 192 valence electrons. The Morgan fingerprint density at radius 2 is 1.79 bits per heavy atom. The average Bonchev–Trinajstić information content (AvgIpc) is 3.30. The third kappa shape index (κ3) is 5.24. The van der Waals surface area contributed by atoms with Gasteiger partial charge in [-0.3, -0.25) is 10.1 Å². The summed E-state index contributed by atoms with van der Waals surface area (Å²) in [6, 6.07) is 23.8. The first kappa shape index (κ1) is 26.5. The van der Waals surface area contributed by atoms with E-state index in [0.717, 1.165) is 11.1 Å². The number of nitrogens with zero attached hydrogens (tertiary/aromatic N) is 3. The Morgan fingerprint density at radius 1 is 1.11 bits per heavy atom. The fourth-order valence-electron chi connectivity index (χ4n) is 3.97. The van der Waals surface area contributed by atoms with Crippen molar-refractivity contribution in [3.63, 3.8) is 0 Å². The molecule has 1 aromatic heterocycles. The minimum absolute atomic E-state index is 0.0892. The molecule has 8 nitrogen and oxygen atoms in total. The average molecular weight is 529 g/mol. The van der Waals surface area contributed by atoms with Crippen molar-refractivity contribution in [3.05, 3.63) is 101 Å². The topological polar surface area (TPSA) is 117 Å². The van der Waals surface area contributed by atoms with E-state index in [1.165, 1.54) is 10.9 Å². The molecule has 0 spiro atoms. The van der Waals surface area contributed by atoms with Crippen LogP contribution in [0.25, 0.3) is 16.8 Å². The van der Waals surface area contributed by atoms with Gasteiger partial charge in [0, 0.05) is 16.1 Å². The second-order valence-corrected chi connectivity index (χ2v) is 9.56. The number of aromatic nitrogens is 2. The number of carboxylic acids is 1. The number of benzene rings is 3. The van der Waals surface area contributed by atoms with Gasteiger partial charge in [-0.2, -0.15) is 10.4 Å². The third-order valence-corrected chi connectivity index (χ3v) is 6.65. The maximum Gasteiger partial charge on any atom is 0.413 e.